The number of ether oxygens (including phenoxy) is 1. The number of rotatable bonds is 2. The molecular formula is C24H26N2O3. The summed E-state index contributed by atoms with van der Waals surface area (Å²) in [6.45, 7) is 3.96. The van der Waals surface area contributed by atoms with Crippen molar-refractivity contribution in [3.63, 3.8) is 0 Å². The highest BCUT2D eigenvalue weighted by atomic mass is 16.5. The van der Waals surface area contributed by atoms with Crippen molar-refractivity contribution >= 4 is 17.5 Å². The first-order chi connectivity index (χ1) is 14.0. The summed E-state index contributed by atoms with van der Waals surface area (Å²) in [4.78, 5) is 26.6. The van der Waals surface area contributed by atoms with E-state index < -0.39 is 11.6 Å². The predicted molar refractivity (Wildman–Crippen MR) is 111 cm³/mol. The number of hydrogen-bond donors (Lipinski definition) is 2. The average Bonchev–Trinajstić information content (AvgIpc) is 2.69. The van der Waals surface area contributed by atoms with Crippen LogP contribution in [-0.2, 0) is 9.59 Å². The standard InChI is InChI=1S/C24H26N2O3/c1-14-10-11-15(2)18(13-14)25-22(27)21-20-16-7-3-4-9-19(16)29-24(26-23(21)28)12-6-5-8-17(20)24/h3-4,7,9-11,13,17,20-21H,5-6,8,12H2,1-2H3,(H,25,27)(H,26,28)/t17-,20-,21+,24-/m0/s1. The maximum Gasteiger partial charge on any atom is 0.237 e. The van der Waals surface area contributed by atoms with Crippen LogP contribution in [0.4, 0.5) is 5.69 Å². The van der Waals surface area contributed by atoms with Gasteiger partial charge in [0.2, 0.25) is 11.8 Å². The number of piperidine rings is 1. The second-order valence-electron chi connectivity index (χ2n) is 8.68. The minimum Gasteiger partial charge on any atom is -0.467 e. The van der Waals surface area contributed by atoms with Gasteiger partial charge in [0.05, 0.1) is 0 Å². The molecule has 0 radical (unpaired) electrons. The lowest BCUT2D eigenvalue weighted by molar-refractivity contribution is -0.160. The maximum atomic E-state index is 13.4. The van der Waals surface area contributed by atoms with Crippen molar-refractivity contribution in [2.75, 3.05) is 5.32 Å². The molecule has 2 fully saturated rings. The number of fused-ring (bicyclic) bond motifs is 2. The molecule has 3 aliphatic rings. The molecule has 0 spiro atoms. The van der Waals surface area contributed by atoms with Crippen LogP contribution in [0.15, 0.2) is 42.5 Å². The van der Waals surface area contributed by atoms with Crippen LogP contribution in [0.5, 0.6) is 5.75 Å². The van der Waals surface area contributed by atoms with Gasteiger partial charge in [0.15, 0.2) is 5.72 Å². The summed E-state index contributed by atoms with van der Waals surface area (Å²) in [5.74, 6) is -0.503. The quantitative estimate of drug-likeness (QED) is 0.760. The number of amides is 2. The fourth-order valence-corrected chi connectivity index (χ4v) is 5.43. The van der Waals surface area contributed by atoms with Crippen molar-refractivity contribution in [3.05, 3.63) is 59.2 Å². The molecule has 29 heavy (non-hydrogen) atoms. The number of nitrogens with one attached hydrogen (secondary N) is 2. The highest BCUT2D eigenvalue weighted by Crippen LogP contribution is 2.55. The number of benzene rings is 2. The molecule has 0 unspecified atom stereocenters. The van der Waals surface area contributed by atoms with Crippen molar-refractivity contribution in [2.24, 2.45) is 11.8 Å². The van der Waals surface area contributed by atoms with Gasteiger partial charge in [0.25, 0.3) is 0 Å². The van der Waals surface area contributed by atoms with Gasteiger partial charge in [-0.15, -0.1) is 0 Å². The van der Waals surface area contributed by atoms with E-state index in [2.05, 4.69) is 10.6 Å². The van der Waals surface area contributed by atoms with E-state index in [1.807, 2.05) is 56.3 Å². The van der Waals surface area contributed by atoms with Gasteiger partial charge in [-0.25, -0.2) is 0 Å². The molecular weight excluding hydrogens is 364 g/mol. The molecule has 0 aromatic heterocycles. The normalized spacial score (nSPS) is 29.7. The Bertz CT molecular complexity index is 1000. The van der Waals surface area contributed by atoms with Crippen LogP contribution in [0.2, 0.25) is 0 Å². The van der Waals surface area contributed by atoms with Gasteiger partial charge in [-0.1, -0.05) is 36.8 Å². The Kier molecular flexibility index (Phi) is 4.16. The Morgan fingerprint density at radius 1 is 1.17 bits per heavy atom. The zero-order valence-corrected chi connectivity index (χ0v) is 16.8. The first-order valence-electron chi connectivity index (χ1n) is 10.5. The zero-order chi connectivity index (χ0) is 20.2. The van der Waals surface area contributed by atoms with E-state index in [1.165, 1.54) is 0 Å². The third-order valence-corrected chi connectivity index (χ3v) is 6.83. The van der Waals surface area contributed by atoms with Crippen molar-refractivity contribution in [2.45, 2.75) is 51.2 Å². The summed E-state index contributed by atoms with van der Waals surface area (Å²) in [7, 11) is 0. The number of hydrogen-bond acceptors (Lipinski definition) is 3. The van der Waals surface area contributed by atoms with Gasteiger partial charge < -0.3 is 15.4 Å². The fourth-order valence-electron chi connectivity index (χ4n) is 5.43. The number of anilines is 1. The molecule has 1 saturated heterocycles. The molecule has 2 amide bonds. The van der Waals surface area contributed by atoms with Crippen molar-refractivity contribution in [3.8, 4) is 5.75 Å². The van der Waals surface area contributed by atoms with Crippen molar-refractivity contribution in [1.82, 2.24) is 5.32 Å². The molecule has 2 N–H and O–H groups in total. The van der Waals surface area contributed by atoms with Gasteiger partial charge in [-0.2, -0.15) is 0 Å². The second-order valence-corrected chi connectivity index (χ2v) is 8.68. The van der Waals surface area contributed by atoms with Crippen LogP contribution in [0, 0.1) is 25.7 Å². The largest absolute Gasteiger partial charge is 0.467 e. The van der Waals surface area contributed by atoms with E-state index in [0.717, 1.165) is 53.8 Å². The third kappa shape index (κ3) is 2.83. The highest BCUT2D eigenvalue weighted by Gasteiger charge is 2.60. The fraction of sp³-hybridized carbons (Fsp3) is 0.417. The molecule has 4 atom stereocenters. The van der Waals surface area contributed by atoms with Crippen LogP contribution >= 0.6 is 0 Å². The SMILES string of the molecule is Cc1ccc(C)c(NC(=O)[C@@H]2C(=O)N[C@]34CCCC[C@H]3[C@@H]2c2ccccc2O4)c1. The number of aryl methyl sites for hydroxylation is 2. The Hall–Kier alpha value is -2.82. The first-order valence-corrected chi connectivity index (χ1v) is 10.5. The summed E-state index contributed by atoms with van der Waals surface area (Å²) >= 11 is 0. The maximum absolute atomic E-state index is 13.4. The van der Waals surface area contributed by atoms with Crippen LogP contribution < -0.4 is 15.4 Å². The number of carbonyl (C=O) groups is 2. The molecule has 2 bridgehead atoms. The Labute approximate surface area is 170 Å². The second kappa shape index (κ2) is 6.61. The van der Waals surface area contributed by atoms with Crippen LogP contribution in [0.3, 0.4) is 0 Å². The number of carbonyl (C=O) groups excluding carboxylic acids is 2. The lowest BCUT2D eigenvalue weighted by Crippen LogP contribution is -2.69. The molecule has 5 rings (SSSR count). The molecule has 2 aliphatic heterocycles. The lowest BCUT2D eigenvalue weighted by Gasteiger charge is -2.56. The summed E-state index contributed by atoms with van der Waals surface area (Å²) in [6.07, 6.45) is 3.85. The zero-order valence-electron chi connectivity index (χ0n) is 16.8. The van der Waals surface area contributed by atoms with E-state index >= 15 is 0 Å². The van der Waals surface area contributed by atoms with E-state index in [1.54, 1.807) is 0 Å². The summed E-state index contributed by atoms with van der Waals surface area (Å²) < 4.78 is 6.38. The highest BCUT2D eigenvalue weighted by molar-refractivity contribution is 6.08. The Balaban J connectivity index is 1.56. The van der Waals surface area contributed by atoms with Gasteiger partial charge in [0.1, 0.15) is 11.7 Å². The monoisotopic (exact) mass is 390 g/mol. The molecule has 2 aromatic carbocycles. The topological polar surface area (TPSA) is 67.4 Å². The summed E-state index contributed by atoms with van der Waals surface area (Å²) in [5, 5.41) is 6.16. The molecule has 2 heterocycles. The molecule has 2 aromatic rings. The Morgan fingerprint density at radius 2 is 2.00 bits per heavy atom. The van der Waals surface area contributed by atoms with Crippen LogP contribution in [0.25, 0.3) is 0 Å². The average molecular weight is 390 g/mol. The van der Waals surface area contributed by atoms with Gasteiger partial charge in [0, 0.05) is 23.9 Å². The predicted octanol–water partition coefficient (Wildman–Crippen LogP) is 4.05. The minimum absolute atomic E-state index is 0.109. The van der Waals surface area contributed by atoms with E-state index in [-0.39, 0.29) is 23.7 Å². The van der Waals surface area contributed by atoms with Crippen LogP contribution in [0.1, 0.15) is 48.3 Å². The van der Waals surface area contributed by atoms with E-state index in [0.29, 0.717) is 0 Å². The smallest absolute Gasteiger partial charge is 0.237 e. The first kappa shape index (κ1) is 18.2. The lowest BCUT2D eigenvalue weighted by atomic mass is 9.62. The minimum atomic E-state index is -0.767. The Morgan fingerprint density at radius 3 is 2.86 bits per heavy atom. The van der Waals surface area contributed by atoms with Gasteiger partial charge >= 0.3 is 0 Å². The third-order valence-electron chi connectivity index (χ3n) is 6.83. The molecule has 1 saturated carbocycles. The molecule has 5 heteroatoms. The van der Waals surface area contributed by atoms with Gasteiger partial charge in [-0.05, 0) is 55.5 Å². The molecule has 5 nitrogen and oxygen atoms in total. The summed E-state index contributed by atoms with van der Waals surface area (Å²) in [5.41, 5.74) is 3.13. The van der Waals surface area contributed by atoms with E-state index in [4.69, 9.17) is 4.74 Å². The molecule has 1 aliphatic carbocycles. The number of para-hydroxylation sites is 1. The van der Waals surface area contributed by atoms with E-state index in [9.17, 15) is 9.59 Å². The van der Waals surface area contributed by atoms with Crippen molar-refractivity contribution in [1.29, 1.82) is 0 Å². The molecule has 150 valence electrons. The van der Waals surface area contributed by atoms with Crippen LogP contribution in [-0.4, -0.2) is 17.5 Å². The van der Waals surface area contributed by atoms with Gasteiger partial charge in [-0.3, -0.25) is 9.59 Å². The summed E-state index contributed by atoms with van der Waals surface area (Å²) in [6, 6.07) is 13.8. The van der Waals surface area contributed by atoms with Crippen molar-refractivity contribution < 1.29 is 14.3 Å².